The van der Waals surface area contributed by atoms with Gasteiger partial charge in [0, 0.05) is 44.1 Å². The molecule has 9 nitrogen and oxygen atoms in total. The summed E-state index contributed by atoms with van der Waals surface area (Å²) in [7, 11) is 0. The molecule has 0 aliphatic carbocycles. The molecular weight excluding hydrogens is 384 g/mol. The van der Waals surface area contributed by atoms with Crippen LogP contribution in [0.3, 0.4) is 0 Å². The molecule has 0 spiro atoms. The smallest absolute Gasteiger partial charge is 0.316 e. The number of hydrogen-bond donors (Lipinski definition) is 0. The largest absolute Gasteiger partial charge is 0.760 e. The van der Waals surface area contributed by atoms with Gasteiger partial charge in [-0.2, -0.15) is 9.78 Å². The predicted octanol–water partition coefficient (Wildman–Crippen LogP) is 0.564. The molecule has 0 N–H and O–H groups in total. The quantitative estimate of drug-likeness (QED) is 0.466. The van der Waals surface area contributed by atoms with Crippen molar-refractivity contribution in [1.82, 2.24) is 14.1 Å². The summed E-state index contributed by atoms with van der Waals surface area (Å²) in [4.78, 5) is 15.0. The van der Waals surface area contributed by atoms with E-state index in [4.69, 9.17) is 9.47 Å². The molecule has 0 amide bonds. The van der Waals surface area contributed by atoms with E-state index in [1.165, 1.54) is 8.99 Å². The Morgan fingerprint density at radius 3 is 2.50 bits per heavy atom. The second-order valence-corrected chi connectivity index (χ2v) is 7.04. The first-order chi connectivity index (χ1) is 13.6. The van der Waals surface area contributed by atoms with Crippen molar-refractivity contribution >= 4 is 17.0 Å². The van der Waals surface area contributed by atoms with Crippen LogP contribution in [0.2, 0.25) is 0 Å². The standard InChI is InChI=1S/C18H24N4O5S/c1-2-26-12-13-27-17-16(20-8-10-21(11-9-20)28(24)25)14-19-22(18(17)23)15-6-4-3-5-7-15/h3-7,14H,2,8-13H2,1H3,(H,24,25)/p-1. The van der Waals surface area contributed by atoms with Crippen LogP contribution in [0.15, 0.2) is 41.3 Å². The van der Waals surface area contributed by atoms with Gasteiger partial charge in [0.25, 0.3) is 0 Å². The predicted molar refractivity (Wildman–Crippen MR) is 105 cm³/mol. The lowest BCUT2D eigenvalue weighted by molar-refractivity contribution is 0.109. The molecule has 1 saturated heterocycles. The van der Waals surface area contributed by atoms with Crippen molar-refractivity contribution in [3.05, 3.63) is 46.9 Å². The average molecular weight is 407 g/mol. The van der Waals surface area contributed by atoms with Crippen LogP contribution < -0.4 is 15.2 Å². The highest BCUT2D eigenvalue weighted by molar-refractivity contribution is 7.76. The number of para-hydroxylation sites is 1. The zero-order valence-corrected chi connectivity index (χ0v) is 16.5. The summed E-state index contributed by atoms with van der Waals surface area (Å²) in [5.74, 6) is 0.190. The highest BCUT2D eigenvalue weighted by Crippen LogP contribution is 2.25. The van der Waals surface area contributed by atoms with Crippen LogP contribution in [0.25, 0.3) is 5.69 Å². The maximum absolute atomic E-state index is 13.1. The SMILES string of the molecule is CCOCCOc1c(N2CCN(S(=O)[O-])CC2)cnn(-c2ccccc2)c1=O. The Labute approximate surface area is 165 Å². The number of nitrogens with zero attached hydrogens (tertiary/aromatic N) is 4. The molecule has 1 atom stereocenters. The average Bonchev–Trinajstić information content (AvgIpc) is 2.72. The van der Waals surface area contributed by atoms with Crippen molar-refractivity contribution in [2.75, 3.05) is 50.9 Å². The fraction of sp³-hybridized carbons (Fsp3) is 0.444. The second-order valence-electron chi connectivity index (χ2n) is 6.09. The van der Waals surface area contributed by atoms with E-state index >= 15 is 0 Å². The highest BCUT2D eigenvalue weighted by atomic mass is 32.2. The fourth-order valence-electron chi connectivity index (χ4n) is 2.97. The third kappa shape index (κ3) is 4.76. The molecule has 2 heterocycles. The Morgan fingerprint density at radius 2 is 1.86 bits per heavy atom. The molecule has 28 heavy (non-hydrogen) atoms. The molecule has 2 aromatic rings. The van der Waals surface area contributed by atoms with E-state index in [2.05, 4.69) is 5.10 Å². The van der Waals surface area contributed by atoms with Gasteiger partial charge in [0.15, 0.2) is 0 Å². The number of ether oxygens (including phenoxy) is 2. The van der Waals surface area contributed by atoms with Gasteiger partial charge in [0.1, 0.15) is 12.3 Å². The minimum Gasteiger partial charge on any atom is -0.760 e. The fourth-order valence-corrected chi connectivity index (χ4v) is 3.43. The van der Waals surface area contributed by atoms with E-state index in [-0.39, 0.29) is 17.9 Å². The van der Waals surface area contributed by atoms with E-state index in [0.29, 0.717) is 50.8 Å². The van der Waals surface area contributed by atoms with Crippen LogP contribution in [0.5, 0.6) is 5.75 Å². The van der Waals surface area contributed by atoms with Crippen LogP contribution in [0, 0.1) is 0 Å². The molecule has 0 saturated carbocycles. The maximum atomic E-state index is 13.1. The highest BCUT2D eigenvalue weighted by Gasteiger charge is 2.23. The van der Waals surface area contributed by atoms with Gasteiger partial charge in [0.2, 0.25) is 5.75 Å². The lowest BCUT2D eigenvalue weighted by atomic mass is 10.3. The summed E-state index contributed by atoms with van der Waals surface area (Å²) in [5.41, 5.74) is 0.834. The number of hydrogen-bond acceptors (Lipinski definition) is 7. The summed E-state index contributed by atoms with van der Waals surface area (Å²) < 4.78 is 36.0. The number of piperazine rings is 1. The van der Waals surface area contributed by atoms with Gasteiger partial charge < -0.3 is 18.9 Å². The van der Waals surface area contributed by atoms with Crippen LogP contribution in [-0.4, -0.2) is 68.8 Å². The Balaban J connectivity index is 1.89. The number of rotatable bonds is 8. The molecule has 0 radical (unpaired) electrons. The van der Waals surface area contributed by atoms with Crippen LogP contribution in [-0.2, 0) is 16.0 Å². The minimum atomic E-state index is -2.24. The molecule has 1 unspecified atom stereocenters. The van der Waals surface area contributed by atoms with Crippen molar-refractivity contribution in [2.24, 2.45) is 0 Å². The molecule has 1 fully saturated rings. The molecule has 0 bridgehead atoms. The van der Waals surface area contributed by atoms with Crippen molar-refractivity contribution in [3.8, 4) is 11.4 Å². The minimum absolute atomic E-state index is 0.190. The third-order valence-corrected chi connectivity index (χ3v) is 5.17. The Bertz CT molecular complexity index is 853. The van der Waals surface area contributed by atoms with E-state index in [9.17, 15) is 13.6 Å². The monoisotopic (exact) mass is 407 g/mol. The van der Waals surface area contributed by atoms with E-state index in [1.807, 2.05) is 30.0 Å². The molecule has 1 aliphatic rings. The summed E-state index contributed by atoms with van der Waals surface area (Å²) in [6.07, 6.45) is 1.59. The molecule has 10 heteroatoms. The third-order valence-electron chi connectivity index (χ3n) is 4.38. The Morgan fingerprint density at radius 1 is 1.14 bits per heavy atom. The van der Waals surface area contributed by atoms with E-state index in [1.54, 1.807) is 18.3 Å². The Kier molecular flexibility index (Phi) is 7.15. The van der Waals surface area contributed by atoms with Crippen LogP contribution in [0.4, 0.5) is 5.69 Å². The van der Waals surface area contributed by atoms with Crippen molar-refractivity contribution in [2.45, 2.75) is 6.92 Å². The topological polar surface area (TPSA) is 100.0 Å². The van der Waals surface area contributed by atoms with Crippen LogP contribution in [0.1, 0.15) is 6.92 Å². The molecular formula is C18H23N4O5S-. The van der Waals surface area contributed by atoms with Gasteiger partial charge in [-0.25, -0.2) is 4.31 Å². The van der Waals surface area contributed by atoms with Gasteiger partial charge in [-0.15, -0.1) is 0 Å². The molecule has 3 rings (SSSR count). The number of benzene rings is 1. The first kappa shape index (κ1) is 20.5. The zero-order chi connectivity index (χ0) is 19.9. The van der Waals surface area contributed by atoms with Gasteiger partial charge in [0.05, 0.1) is 18.5 Å². The van der Waals surface area contributed by atoms with Crippen molar-refractivity contribution in [3.63, 3.8) is 0 Å². The van der Waals surface area contributed by atoms with Gasteiger partial charge in [-0.1, -0.05) is 18.2 Å². The molecule has 1 aromatic carbocycles. The molecule has 1 aromatic heterocycles. The number of aromatic nitrogens is 2. The lowest BCUT2D eigenvalue weighted by Crippen LogP contribution is -2.47. The molecule has 1 aliphatic heterocycles. The molecule has 152 valence electrons. The zero-order valence-electron chi connectivity index (χ0n) is 15.7. The van der Waals surface area contributed by atoms with Gasteiger partial charge >= 0.3 is 5.56 Å². The van der Waals surface area contributed by atoms with Crippen LogP contribution >= 0.6 is 0 Å². The van der Waals surface area contributed by atoms with E-state index < -0.39 is 11.3 Å². The van der Waals surface area contributed by atoms with Gasteiger partial charge in [-0.05, 0) is 19.1 Å². The normalized spacial score (nSPS) is 16.1. The summed E-state index contributed by atoms with van der Waals surface area (Å²) in [6.45, 7) is 4.64. The van der Waals surface area contributed by atoms with E-state index in [0.717, 1.165) is 0 Å². The first-order valence-corrected chi connectivity index (χ1v) is 10.1. The Hall–Kier alpha value is -2.27. The van der Waals surface area contributed by atoms with Gasteiger partial charge in [-0.3, -0.25) is 9.00 Å². The summed E-state index contributed by atoms with van der Waals surface area (Å²) in [5, 5.41) is 4.30. The van der Waals surface area contributed by atoms with Crippen molar-refractivity contribution in [1.29, 1.82) is 0 Å². The number of anilines is 1. The first-order valence-electron chi connectivity index (χ1n) is 9.09. The lowest BCUT2D eigenvalue weighted by Gasteiger charge is -2.36. The van der Waals surface area contributed by atoms with Crippen molar-refractivity contribution < 1.29 is 18.2 Å². The summed E-state index contributed by atoms with van der Waals surface area (Å²) in [6, 6.07) is 9.10. The second kappa shape index (κ2) is 9.78. The maximum Gasteiger partial charge on any atom is 0.316 e. The summed E-state index contributed by atoms with van der Waals surface area (Å²) >= 11 is -2.24.